The predicted octanol–water partition coefficient (Wildman–Crippen LogP) is 0.179. The van der Waals surface area contributed by atoms with Gasteiger partial charge >= 0.3 is 5.97 Å². The number of carboxylic acid groups (broad SMARTS) is 1. The number of nitrogens with zero attached hydrogens (tertiary/aromatic N) is 3. The van der Waals surface area contributed by atoms with Gasteiger partial charge in [0, 0.05) is 36.2 Å². The van der Waals surface area contributed by atoms with Crippen LogP contribution in [0, 0.1) is 0 Å². The zero-order chi connectivity index (χ0) is 14.7. The summed E-state index contributed by atoms with van der Waals surface area (Å²) in [4.78, 5) is 24.9. The predicted molar refractivity (Wildman–Crippen MR) is 68.4 cm³/mol. The highest BCUT2D eigenvalue weighted by molar-refractivity contribution is 5.83. The minimum atomic E-state index is -1.23. The van der Waals surface area contributed by atoms with Gasteiger partial charge in [-0.2, -0.15) is 0 Å². The summed E-state index contributed by atoms with van der Waals surface area (Å²) in [6, 6.07) is -1.19. The summed E-state index contributed by atoms with van der Waals surface area (Å²) in [6.07, 6.45) is 2.50. The molecule has 1 amide bonds. The van der Waals surface area contributed by atoms with Gasteiger partial charge in [0.1, 0.15) is 6.04 Å². The molecule has 0 fully saturated rings. The fourth-order valence-corrected chi connectivity index (χ4v) is 1.15. The summed E-state index contributed by atoms with van der Waals surface area (Å²) in [6.45, 7) is 3.51. The highest BCUT2D eigenvalue weighted by atomic mass is 16.4. The van der Waals surface area contributed by atoms with Gasteiger partial charge in [0.25, 0.3) is 0 Å². The second-order valence-corrected chi connectivity index (χ2v) is 3.40. The number of rotatable bonds is 9. The quantitative estimate of drug-likeness (QED) is 0.267. The van der Waals surface area contributed by atoms with Crippen LogP contribution >= 0.6 is 0 Å². The zero-order valence-electron chi connectivity index (χ0n) is 10.2. The molecule has 0 aliphatic carbocycles. The Morgan fingerprint density at radius 2 is 2.26 bits per heavy atom. The van der Waals surface area contributed by atoms with E-state index < -0.39 is 17.9 Å². The molecule has 0 aromatic heterocycles. The maximum atomic E-state index is 11.3. The lowest BCUT2D eigenvalue weighted by molar-refractivity contribution is -0.141. The Balaban J connectivity index is 4.79. The zero-order valence-corrected chi connectivity index (χ0v) is 10.2. The summed E-state index contributed by atoms with van der Waals surface area (Å²) in [5.41, 5.74) is 13.7. The molecule has 0 heterocycles. The Morgan fingerprint density at radius 3 is 2.74 bits per heavy atom. The highest BCUT2D eigenvalue weighted by Gasteiger charge is 2.20. The SMILES string of the molecule is C=CN/C=C(/C[C@H](NC(=O)CCN)C(=O)O)N=[N+]=[N-]. The van der Waals surface area contributed by atoms with Crippen molar-refractivity contribution in [1.82, 2.24) is 10.6 Å². The van der Waals surface area contributed by atoms with E-state index in [1.807, 2.05) is 0 Å². The molecule has 0 aliphatic rings. The molecule has 5 N–H and O–H groups in total. The first kappa shape index (κ1) is 16.5. The number of hydrogen-bond acceptors (Lipinski definition) is 5. The van der Waals surface area contributed by atoms with E-state index in [0.717, 1.165) is 0 Å². The van der Waals surface area contributed by atoms with Crippen LogP contribution in [0.2, 0.25) is 0 Å². The van der Waals surface area contributed by atoms with Crippen LogP contribution in [0.25, 0.3) is 10.4 Å². The topological polar surface area (TPSA) is 153 Å². The number of amides is 1. The van der Waals surface area contributed by atoms with Gasteiger partial charge in [-0.1, -0.05) is 11.7 Å². The van der Waals surface area contributed by atoms with Crippen LogP contribution in [0.1, 0.15) is 12.8 Å². The summed E-state index contributed by atoms with van der Waals surface area (Å²) < 4.78 is 0. The molecule has 0 spiro atoms. The summed E-state index contributed by atoms with van der Waals surface area (Å²) in [5.74, 6) is -1.71. The second-order valence-electron chi connectivity index (χ2n) is 3.40. The molecule has 1 atom stereocenters. The number of azide groups is 1. The Hall–Kier alpha value is -2.51. The number of carboxylic acids is 1. The van der Waals surface area contributed by atoms with Crippen molar-refractivity contribution in [2.24, 2.45) is 10.8 Å². The first-order valence-electron chi connectivity index (χ1n) is 5.38. The van der Waals surface area contributed by atoms with Crippen molar-refractivity contribution in [2.45, 2.75) is 18.9 Å². The van der Waals surface area contributed by atoms with Crippen molar-refractivity contribution in [3.8, 4) is 0 Å². The molecule has 104 valence electrons. The lowest BCUT2D eigenvalue weighted by Gasteiger charge is -2.14. The van der Waals surface area contributed by atoms with E-state index in [2.05, 4.69) is 27.2 Å². The lowest BCUT2D eigenvalue weighted by atomic mass is 10.1. The minimum absolute atomic E-state index is 0.0231. The Kier molecular flexibility index (Phi) is 8.26. The van der Waals surface area contributed by atoms with Crippen molar-refractivity contribution >= 4 is 11.9 Å². The molecule has 0 saturated carbocycles. The van der Waals surface area contributed by atoms with E-state index in [4.69, 9.17) is 16.4 Å². The number of nitrogens with one attached hydrogen (secondary N) is 2. The molecule has 19 heavy (non-hydrogen) atoms. The van der Waals surface area contributed by atoms with E-state index >= 15 is 0 Å². The molecule has 0 aliphatic heterocycles. The van der Waals surface area contributed by atoms with Crippen molar-refractivity contribution in [1.29, 1.82) is 0 Å². The fraction of sp³-hybridized carbons (Fsp3) is 0.400. The lowest BCUT2D eigenvalue weighted by Crippen LogP contribution is -2.41. The number of nitrogens with two attached hydrogens (primary N) is 1. The second kappa shape index (κ2) is 9.51. The Labute approximate surface area is 109 Å². The van der Waals surface area contributed by atoms with Crippen LogP contribution in [0.3, 0.4) is 0 Å². The van der Waals surface area contributed by atoms with Crippen LogP contribution in [-0.2, 0) is 9.59 Å². The maximum absolute atomic E-state index is 11.3. The Bertz CT molecular complexity index is 413. The fourth-order valence-electron chi connectivity index (χ4n) is 1.15. The van der Waals surface area contributed by atoms with Crippen molar-refractivity contribution < 1.29 is 14.7 Å². The first-order valence-corrected chi connectivity index (χ1v) is 5.38. The van der Waals surface area contributed by atoms with E-state index in [9.17, 15) is 9.59 Å². The molecule has 0 radical (unpaired) electrons. The molecule has 0 bridgehead atoms. The smallest absolute Gasteiger partial charge is 0.326 e. The normalized spacial score (nSPS) is 11.9. The number of aliphatic carboxylic acids is 1. The average molecular weight is 268 g/mol. The van der Waals surface area contributed by atoms with E-state index in [0.29, 0.717) is 0 Å². The summed E-state index contributed by atoms with van der Waals surface area (Å²) >= 11 is 0. The highest BCUT2D eigenvalue weighted by Crippen LogP contribution is 2.07. The van der Waals surface area contributed by atoms with Gasteiger partial charge < -0.3 is 21.5 Å². The van der Waals surface area contributed by atoms with Crippen LogP contribution < -0.4 is 16.4 Å². The molecule has 9 heteroatoms. The van der Waals surface area contributed by atoms with Crippen LogP contribution in [0.15, 0.2) is 29.8 Å². The maximum Gasteiger partial charge on any atom is 0.326 e. The van der Waals surface area contributed by atoms with E-state index in [1.54, 1.807) is 0 Å². The van der Waals surface area contributed by atoms with Gasteiger partial charge in [-0.15, -0.1) is 0 Å². The Morgan fingerprint density at radius 1 is 1.58 bits per heavy atom. The third kappa shape index (κ3) is 7.42. The number of hydrogen-bond donors (Lipinski definition) is 4. The van der Waals surface area contributed by atoms with Gasteiger partial charge in [0.05, 0.1) is 0 Å². The van der Waals surface area contributed by atoms with Gasteiger partial charge in [0.2, 0.25) is 5.91 Å². The van der Waals surface area contributed by atoms with Gasteiger partial charge in [-0.3, -0.25) is 4.79 Å². The molecule has 0 saturated heterocycles. The van der Waals surface area contributed by atoms with Crippen LogP contribution in [-0.4, -0.2) is 29.6 Å². The van der Waals surface area contributed by atoms with Crippen molar-refractivity contribution in [3.63, 3.8) is 0 Å². The van der Waals surface area contributed by atoms with Crippen molar-refractivity contribution in [3.05, 3.63) is 35.1 Å². The number of carbonyl (C=O) groups excluding carboxylic acids is 1. The summed E-state index contributed by atoms with van der Waals surface area (Å²) in [5, 5.41) is 17.2. The third-order valence-corrected chi connectivity index (χ3v) is 1.96. The monoisotopic (exact) mass is 268 g/mol. The molecular weight excluding hydrogens is 252 g/mol. The van der Waals surface area contributed by atoms with E-state index in [1.165, 1.54) is 12.4 Å². The third-order valence-electron chi connectivity index (χ3n) is 1.96. The molecule has 0 unspecified atom stereocenters. The molecule has 0 aromatic carbocycles. The largest absolute Gasteiger partial charge is 0.480 e. The van der Waals surface area contributed by atoms with Gasteiger partial charge in [-0.25, -0.2) is 4.79 Å². The molecule has 9 nitrogen and oxygen atoms in total. The number of carbonyl (C=O) groups is 2. The molecule has 0 aromatic rings. The van der Waals surface area contributed by atoms with Crippen LogP contribution in [0.5, 0.6) is 0 Å². The minimum Gasteiger partial charge on any atom is -0.480 e. The summed E-state index contributed by atoms with van der Waals surface area (Å²) in [7, 11) is 0. The standard InChI is InChI=1S/C10H16N6O3/c1-2-13-6-7(15-16-12)5-8(10(18)19)14-9(17)3-4-11/h2,6,8,13H,1,3-5,11H2,(H,14,17)(H,18,19)/b7-6-/t8-/m0/s1. The van der Waals surface area contributed by atoms with E-state index in [-0.39, 0.29) is 25.1 Å². The first-order chi connectivity index (χ1) is 9.04. The van der Waals surface area contributed by atoms with Crippen LogP contribution in [0.4, 0.5) is 0 Å². The van der Waals surface area contributed by atoms with Gasteiger partial charge in [-0.05, 0) is 11.7 Å². The molecular formula is C10H16N6O3. The molecule has 0 rings (SSSR count). The average Bonchev–Trinajstić information content (AvgIpc) is 2.35. The van der Waals surface area contributed by atoms with Crippen molar-refractivity contribution in [2.75, 3.05) is 6.54 Å². The van der Waals surface area contributed by atoms with Gasteiger partial charge in [0.15, 0.2) is 0 Å².